The molecule has 0 unspecified atom stereocenters. The summed E-state index contributed by atoms with van der Waals surface area (Å²) in [6, 6.07) is 5.31. The maximum atomic E-state index is 13.1. The lowest BCUT2D eigenvalue weighted by Crippen LogP contribution is -2.66. The average Bonchev–Trinajstić information content (AvgIpc) is 2.85. The first kappa shape index (κ1) is 21.8. The van der Waals surface area contributed by atoms with Crippen LogP contribution in [0.15, 0.2) is 30.3 Å². The van der Waals surface area contributed by atoms with Crippen molar-refractivity contribution in [2.75, 3.05) is 13.6 Å². The smallest absolute Gasteiger partial charge is 0.423 e. The summed E-state index contributed by atoms with van der Waals surface area (Å²) in [6.45, 7) is 0.819. The molecule has 156 valence electrons. The Hall–Kier alpha value is -2.50. The van der Waals surface area contributed by atoms with Crippen molar-refractivity contribution in [1.29, 1.82) is 0 Å². The van der Waals surface area contributed by atoms with E-state index in [9.17, 15) is 35.9 Å². The predicted molar refractivity (Wildman–Crippen MR) is 83.9 cm³/mol. The normalized spacial score (nSPS) is 21.1. The molecule has 1 fully saturated rings. The first-order valence-corrected chi connectivity index (χ1v) is 8.00. The number of nitrogens with one attached hydrogen (secondary N) is 2. The number of likely N-dealkylation sites (N-methyl/N-ethyl adjacent to an activating group) is 1. The lowest BCUT2D eigenvalue weighted by atomic mass is 10.1. The number of hydrogen-bond acceptors (Lipinski definition) is 4. The van der Waals surface area contributed by atoms with Crippen LogP contribution in [0.1, 0.15) is 18.5 Å². The van der Waals surface area contributed by atoms with E-state index in [2.05, 4.69) is 15.4 Å². The van der Waals surface area contributed by atoms with Gasteiger partial charge in [-0.05, 0) is 19.5 Å². The van der Waals surface area contributed by atoms with Crippen LogP contribution >= 0.6 is 0 Å². The fourth-order valence-electron chi connectivity index (χ4n) is 2.82. The minimum absolute atomic E-state index is 0.268. The fourth-order valence-corrected chi connectivity index (χ4v) is 2.82. The van der Waals surface area contributed by atoms with Crippen LogP contribution in [0.5, 0.6) is 0 Å². The summed E-state index contributed by atoms with van der Waals surface area (Å²) >= 11 is 0. The molecule has 1 aliphatic rings. The summed E-state index contributed by atoms with van der Waals surface area (Å²) in [7, 11) is 0.461. The van der Waals surface area contributed by atoms with E-state index < -0.39 is 48.7 Å². The molecule has 0 bridgehead atoms. The van der Waals surface area contributed by atoms with Crippen molar-refractivity contribution in [2.24, 2.45) is 0 Å². The number of carbonyl (C=O) groups excluding carboxylic acids is 2. The molecule has 0 spiro atoms. The van der Waals surface area contributed by atoms with Crippen LogP contribution in [0.25, 0.3) is 0 Å². The number of halogens is 6. The van der Waals surface area contributed by atoms with Crippen molar-refractivity contribution in [2.45, 2.75) is 37.1 Å². The SMILES string of the molecule is C[C@@H](NC(=O)NC[C@H]1C(=O)OC(C(F)(F)F)(C(F)(F)F)N1C)c1ccccc1. The van der Waals surface area contributed by atoms with E-state index in [0.29, 0.717) is 7.05 Å². The van der Waals surface area contributed by atoms with Crippen LogP contribution < -0.4 is 10.6 Å². The molecule has 1 aromatic carbocycles. The number of cyclic esters (lactones) is 1. The van der Waals surface area contributed by atoms with Crippen molar-refractivity contribution in [3.8, 4) is 0 Å². The highest BCUT2D eigenvalue weighted by Crippen LogP contribution is 2.51. The Morgan fingerprint density at radius 1 is 1.18 bits per heavy atom. The molecule has 1 saturated heterocycles. The van der Waals surface area contributed by atoms with Gasteiger partial charge < -0.3 is 15.4 Å². The highest BCUT2D eigenvalue weighted by atomic mass is 19.4. The summed E-state index contributed by atoms with van der Waals surface area (Å²) in [5, 5.41) is 4.57. The maximum absolute atomic E-state index is 13.1. The van der Waals surface area contributed by atoms with Crippen LogP contribution in [-0.4, -0.2) is 54.6 Å². The molecule has 0 aromatic heterocycles. The number of urea groups is 1. The zero-order valence-corrected chi connectivity index (χ0v) is 14.7. The van der Waals surface area contributed by atoms with Gasteiger partial charge in [0.05, 0.1) is 6.04 Å². The second-order valence-corrected chi connectivity index (χ2v) is 6.17. The molecule has 0 saturated carbocycles. The highest BCUT2D eigenvalue weighted by molar-refractivity contribution is 5.81. The maximum Gasteiger partial charge on any atom is 0.453 e. The van der Waals surface area contributed by atoms with Gasteiger partial charge in [0, 0.05) is 6.54 Å². The molecular weight excluding hydrogens is 396 g/mol. The van der Waals surface area contributed by atoms with Gasteiger partial charge in [-0.15, -0.1) is 0 Å². The van der Waals surface area contributed by atoms with Crippen LogP contribution in [0.2, 0.25) is 0 Å². The molecule has 12 heteroatoms. The monoisotopic (exact) mass is 413 g/mol. The minimum Gasteiger partial charge on any atom is -0.423 e. The summed E-state index contributed by atoms with van der Waals surface area (Å²) in [4.78, 5) is 23.4. The van der Waals surface area contributed by atoms with Gasteiger partial charge in [0.25, 0.3) is 0 Å². The third-order valence-corrected chi connectivity index (χ3v) is 4.36. The second-order valence-electron chi connectivity index (χ2n) is 6.17. The number of alkyl halides is 6. The van der Waals surface area contributed by atoms with Crippen LogP contribution in [0, 0.1) is 0 Å². The van der Waals surface area contributed by atoms with Crippen molar-refractivity contribution < 1.29 is 40.7 Å². The lowest BCUT2D eigenvalue weighted by molar-refractivity contribution is -0.398. The van der Waals surface area contributed by atoms with Crippen LogP contribution in [0.3, 0.4) is 0 Å². The predicted octanol–water partition coefficient (Wildman–Crippen LogP) is 2.72. The van der Waals surface area contributed by atoms with Gasteiger partial charge in [0.2, 0.25) is 0 Å². The van der Waals surface area contributed by atoms with E-state index >= 15 is 0 Å². The van der Waals surface area contributed by atoms with Crippen LogP contribution in [-0.2, 0) is 9.53 Å². The fraction of sp³-hybridized carbons (Fsp3) is 0.500. The molecule has 2 rings (SSSR count). The number of rotatable bonds is 4. The van der Waals surface area contributed by atoms with Crippen molar-refractivity contribution >= 4 is 12.0 Å². The first-order chi connectivity index (χ1) is 12.8. The van der Waals surface area contributed by atoms with E-state index in [1.165, 1.54) is 0 Å². The van der Waals surface area contributed by atoms with E-state index in [-0.39, 0.29) is 4.90 Å². The van der Waals surface area contributed by atoms with Gasteiger partial charge in [-0.2, -0.15) is 26.3 Å². The molecule has 1 aromatic rings. The largest absolute Gasteiger partial charge is 0.453 e. The third-order valence-electron chi connectivity index (χ3n) is 4.36. The lowest BCUT2D eigenvalue weighted by Gasteiger charge is -2.37. The first-order valence-electron chi connectivity index (χ1n) is 8.00. The molecule has 0 radical (unpaired) electrons. The van der Waals surface area contributed by atoms with Crippen molar-refractivity contribution in [3.63, 3.8) is 0 Å². The van der Waals surface area contributed by atoms with E-state index in [1.54, 1.807) is 37.3 Å². The summed E-state index contributed by atoms with van der Waals surface area (Å²) in [5.41, 5.74) is -4.04. The molecule has 2 atom stereocenters. The Bertz CT molecular complexity index is 709. The molecule has 6 nitrogen and oxygen atoms in total. The molecule has 1 heterocycles. The summed E-state index contributed by atoms with van der Waals surface area (Å²) < 4.78 is 82.5. The zero-order chi connectivity index (χ0) is 21.3. The summed E-state index contributed by atoms with van der Waals surface area (Å²) in [6.07, 6.45) is -11.8. The Balaban J connectivity index is 2.06. The highest BCUT2D eigenvalue weighted by Gasteiger charge is 2.81. The van der Waals surface area contributed by atoms with Crippen molar-refractivity contribution in [3.05, 3.63) is 35.9 Å². The molecule has 2 N–H and O–H groups in total. The van der Waals surface area contributed by atoms with Gasteiger partial charge in [0.1, 0.15) is 6.04 Å². The number of benzene rings is 1. The molecule has 28 heavy (non-hydrogen) atoms. The number of carbonyl (C=O) groups is 2. The van der Waals surface area contributed by atoms with E-state index in [4.69, 9.17) is 0 Å². The number of hydrogen-bond donors (Lipinski definition) is 2. The topological polar surface area (TPSA) is 70.7 Å². The molecule has 2 amide bonds. The Kier molecular flexibility index (Phi) is 5.83. The Labute approximate surface area is 155 Å². The number of esters is 1. The second kappa shape index (κ2) is 7.49. The van der Waals surface area contributed by atoms with E-state index in [0.717, 1.165) is 5.56 Å². The van der Waals surface area contributed by atoms with Gasteiger partial charge >= 0.3 is 30.1 Å². The van der Waals surface area contributed by atoms with E-state index in [1.807, 2.05) is 0 Å². The standard InChI is InChI=1S/C16H17F6N3O3/c1-9(10-6-4-3-5-7-10)24-13(27)23-8-11-12(26)28-14(25(11)2,15(17,18)19)16(20,21)22/h3-7,9,11H,8H2,1-2H3,(H2,23,24,27)/t9-,11+/m1/s1. The zero-order valence-electron chi connectivity index (χ0n) is 14.7. The van der Waals surface area contributed by atoms with Gasteiger partial charge in [-0.25, -0.2) is 9.69 Å². The number of amides is 2. The van der Waals surface area contributed by atoms with Gasteiger partial charge in [-0.1, -0.05) is 30.3 Å². The minimum atomic E-state index is -5.92. The molecule has 1 aliphatic heterocycles. The van der Waals surface area contributed by atoms with Gasteiger partial charge in [0.15, 0.2) is 0 Å². The summed E-state index contributed by atoms with van der Waals surface area (Å²) in [5.74, 6) is -1.74. The average molecular weight is 413 g/mol. The Morgan fingerprint density at radius 3 is 2.18 bits per heavy atom. The third kappa shape index (κ3) is 3.86. The number of nitrogens with zero attached hydrogens (tertiary/aromatic N) is 1. The Morgan fingerprint density at radius 2 is 1.71 bits per heavy atom. The van der Waals surface area contributed by atoms with Crippen molar-refractivity contribution in [1.82, 2.24) is 15.5 Å². The number of ether oxygens (including phenoxy) is 1. The van der Waals surface area contributed by atoms with Gasteiger partial charge in [-0.3, -0.25) is 4.79 Å². The quantitative estimate of drug-likeness (QED) is 0.588. The van der Waals surface area contributed by atoms with Crippen LogP contribution in [0.4, 0.5) is 31.1 Å². The molecular formula is C16H17F6N3O3. The molecule has 0 aliphatic carbocycles.